The van der Waals surface area contributed by atoms with Crippen molar-refractivity contribution in [3.05, 3.63) is 0 Å². The molecule has 48 heavy (non-hydrogen) atoms. The summed E-state index contributed by atoms with van der Waals surface area (Å²) in [5.74, 6) is 0. The molecule has 0 spiro atoms. The Morgan fingerprint density at radius 2 is 0.583 bits per heavy atom. The summed E-state index contributed by atoms with van der Waals surface area (Å²) in [4.78, 5) is 0. The smallest absolute Gasteiger partial charge is 0.184 e. The van der Waals surface area contributed by atoms with Crippen molar-refractivity contribution in [2.75, 3.05) is 26.4 Å². The molecule has 20 N–H and O–H groups in total. The first-order valence-electron chi connectivity index (χ1n) is 14.2. The summed E-state index contributed by atoms with van der Waals surface area (Å²) in [7, 11) is 0. The largest absolute Gasteiger partial charge is 0.394 e. The van der Waals surface area contributed by atoms with Crippen LogP contribution in [0.2, 0.25) is 0 Å². The fourth-order valence-corrected chi connectivity index (χ4v) is 4.38. The molecular weight excluding hydrogens is 672 g/mol. The standard InChI is InChI=1S/4C6H12O6/c2*7-1-2(8)5-3(9)4(10)6(11)12-5;2*7-1-2-3(8)4(9)5(10)6(11)12-2/h4*2-11H,1H2/t2-,3-,4?,5?,6+;2-,3-,4?,5?,6-;2?,3-,4-,5?,6+;2?,3-,4-,5?,6-/m0011/s1. The van der Waals surface area contributed by atoms with Gasteiger partial charge < -0.3 is 121 Å². The summed E-state index contributed by atoms with van der Waals surface area (Å²) in [6.07, 6.45) is -27.6. The molecule has 0 aromatic rings. The Labute approximate surface area is 270 Å². The van der Waals surface area contributed by atoms with Gasteiger partial charge in [0.25, 0.3) is 0 Å². The van der Waals surface area contributed by atoms with E-state index in [4.69, 9.17) is 102 Å². The molecular formula is C24H48O24. The van der Waals surface area contributed by atoms with Crippen LogP contribution in [0, 0.1) is 0 Å². The molecule has 24 heteroatoms. The van der Waals surface area contributed by atoms with Crippen molar-refractivity contribution in [2.45, 2.75) is 123 Å². The number of ether oxygens (including phenoxy) is 4. The van der Waals surface area contributed by atoms with E-state index in [1.54, 1.807) is 0 Å². The molecule has 0 aliphatic carbocycles. The third-order valence-corrected chi connectivity index (χ3v) is 7.42. The van der Waals surface area contributed by atoms with Crippen molar-refractivity contribution in [1.29, 1.82) is 0 Å². The fraction of sp³-hybridized carbons (Fsp3) is 1.00. The Bertz CT molecular complexity index is 798. The van der Waals surface area contributed by atoms with Crippen LogP contribution >= 0.6 is 0 Å². The molecule has 0 aromatic carbocycles. The van der Waals surface area contributed by atoms with Gasteiger partial charge in [0.05, 0.1) is 26.4 Å². The maximum Gasteiger partial charge on any atom is 0.184 e. The van der Waals surface area contributed by atoms with Crippen LogP contribution in [0.25, 0.3) is 0 Å². The topological polar surface area (TPSA) is 442 Å². The monoisotopic (exact) mass is 720 g/mol. The highest BCUT2D eigenvalue weighted by Crippen LogP contribution is 2.23. The summed E-state index contributed by atoms with van der Waals surface area (Å²) in [6, 6.07) is 0. The molecule has 4 rings (SSSR count). The highest BCUT2D eigenvalue weighted by Gasteiger charge is 2.46. The van der Waals surface area contributed by atoms with E-state index in [9.17, 15) is 0 Å². The first kappa shape index (κ1) is 45.1. The Hall–Kier alpha value is -0.960. The van der Waals surface area contributed by atoms with E-state index < -0.39 is 149 Å². The van der Waals surface area contributed by atoms with E-state index in [0.717, 1.165) is 0 Å². The van der Waals surface area contributed by atoms with E-state index in [2.05, 4.69) is 18.9 Å². The van der Waals surface area contributed by atoms with Crippen LogP contribution in [0.15, 0.2) is 0 Å². The summed E-state index contributed by atoms with van der Waals surface area (Å²) in [6.45, 7) is -2.24. The minimum Gasteiger partial charge on any atom is -0.394 e. The van der Waals surface area contributed by atoms with Crippen LogP contribution < -0.4 is 0 Å². The second-order valence-corrected chi connectivity index (χ2v) is 10.9. The van der Waals surface area contributed by atoms with E-state index in [1.165, 1.54) is 0 Å². The lowest BCUT2D eigenvalue weighted by Crippen LogP contribution is -2.58. The summed E-state index contributed by atoms with van der Waals surface area (Å²) >= 11 is 0. The molecule has 20 atom stereocenters. The summed E-state index contributed by atoms with van der Waals surface area (Å²) < 4.78 is 18.3. The van der Waals surface area contributed by atoms with Gasteiger partial charge >= 0.3 is 0 Å². The quantitative estimate of drug-likeness (QED) is 0.121. The lowest BCUT2D eigenvalue weighted by atomic mass is 10.00. The first-order chi connectivity index (χ1) is 22.3. The summed E-state index contributed by atoms with van der Waals surface area (Å²) in [5.41, 5.74) is 0. The maximum atomic E-state index is 9.12. The van der Waals surface area contributed by atoms with E-state index >= 15 is 0 Å². The molecule has 0 bridgehead atoms. The Kier molecular flexibility index (Phi) is 19.5. The van der Waals surface area contributed by atoms with Crippen LogP contribution in [-0.4, -0.2) is 251 Å². The van der Waals surface area contributed by atoms with E-state index in [0.29, 0.717) is 0 Å². The zero-order valence-electron chi connectivity index (χ0n) is 25.0. The van der Waals surface area contributed by atoms with Gasteiger partial charge in [-0.25, -0.2) is 0 Å². The van der Waals surface area contributed by atoms with Crippen LogP contribution in [-0.2, 0) is 18.9 Å². The van der Waals surface area contributed by atoms with Gasteiger partial charge in [-0.2, -0.15) is 0 Å². The Balaban J connectivity index is 0.000000320. The molecule has 4 fully saturated rings. The zero-order chi connectivity index (χ0) is 37.2. The third-order valence-electron chi connectivity index (χ3n) is 7.42. The molecule has 4 heterocycles. The van der Waals surface area contributed by atoms with Crippen LogP contribution in [0.5, 0.6) is 0 Å². The van der Waals surface area contributed by atoms with Gasteiger partial charge in [-0.1, -0.05) is 0 Å². The average molecular weight is 721 g/mol. The maximum absolute atomic E-state index is 9.12. The summed E-state index contributed by atoms with van der Waals surface area (Å²) in [5, 5.41) is 178. The molecule has 0 aromatic heterocycles. The number of hydrogen-bond acceptors (Lipinski definition) is 24. The molecule has 8 unspecified atom stereocenters. The van der Waals surface area contributed by atoms with Crippen molar-refractivity contribution in [2.24, 2.45) is 0 Å². The first-order valence-corrected chi connectivity index (χ1v) is 14.2. The van der Waals surface area contributed by atoms with Gasteiger partial charge in [-0.15, -0.1) is 0 Å². The van der Waals surface area contributed by atoms with Gasteiger partial charge in [0.15, 0.2) is 25.2 Å². The van der Waals surface area contributed by atoms with Crippen LogP contribution in [0.3, 0.4) is 0 Å². The van der Waals surface area contributed by atoms with E-state index in [-0.39, 0.29) is 0 Å². The number of hydrogen-bond donors (Lipinski definition) is 20. The fourth-order valence-electron chi connectivity index (χ4n) is 4.38. The minimum atomic E-state index is -1.57. The highest BCUT2D eigenvalue weighted by molar-refractivity contribution is 4.91. The SMILES string of the molecule is OCC1O[C@@H](O)C(O)[C@H](O)[C@@H]1O.OCC1O[C@H](O)C(O)[C@H](O)[C@@H]1O.OC[C@H](O)C1O[C@@H](O)C(O)[C@@H]1O.OC[C@H](O)C1O[C@H](O)C(O)[C@@H]1O. The number of rotatable bonds is 6. The highest BCUT2D eigenvalue weighted by atomic mass is 16.7. The molecule has 0 saturated carbocycles. The van der Waals surface area contributed by atoms with Crippen LogP contribution in [0.1, 0.15) is 0 Å². The van der Waals surface area contributed by atoms with Gasteiger partial charge in [0.1, 0.15) is 97.7 Å². The third kappa shape index (κ3) is 11.5. The lowest BCUT2D eigenvalue weighted by Gasteiger charge is -2.37. The molecule has 0 radical (unpaired) electrons. The number of aliphatic hydroxyl groups is 20. The normalized spacial score (nSPS) is 47.0. The lowest BCUT2D eigenvalue weighted by molar-refractivity contribution is -0.286. The van der Waals surface area contributed by atoms with Crippen molar-refractivity contribution in [1.82, 2.24) is 0 Å². The molecule has 4 saturated heterocycles. The predicted octanol–water partition coefficient (Wildman–Crippen LogP) is -12.9. The average Bonchev–Trinajstić information content (AvgIpc) is 3.49. The number of aliphatic hydroxyl groups excluding tert-OH is 20. The molecule has 4 aliphatic heterocycles. The molecule has 4 aliphatic rings. The van der Waals surface area contributed by atoms with Gasteiger partial charge in [-0.3, -0.25) is 0 Å². The Morgan fingerprint density at radius 3 is 0.792 bits per heavy atom. The molecule has 288 valence electrons. The predicted molar refractivity (Wildman–Crippen MR) is 144 cm³/mol. The van der Waals surface area contributed by atoms with Crippen molar-refractivity contribution >= 4 is 0 Å². The Morgan fingerprint density at radius 1 is 0.333 bits per heavy atom. The van der Waals surface area contributed by atoms with Gasteiger partial charge in [0, 0.05) is 0 Å². The molecule has 0 amide bonds. The van der Waals surface area contributed by atoms with Crippen molar-refractivity contribution in [3.8, 4) is 0 Å². The molecule has 24 nitrogen and oxygen atoms in total. The minimum absolute atomic E-state index is 0.526. The van der Waals surface area contributed by atoms with Crippen LogP contribution in [0.4, 0.5) is 0 Å². The van der Waals surface area contributed by atoms with Gasteiger partial charge in [0.2, 0.25) is 0 Å². The van der Waals surface area contributed by atoms with E-state index in [1.807, 2.05) is 0 Å². The van der Waals surface area contributed by atoms with Gasteiger partial charge in [-0.05, 0) is 0 Å². The van der Waals surface area contributed by atoms with Crippen molar-refractivity contribution < 1.29 is 121 Å². The second kappa shape index (κ2) is 20.8. The second-order valence-electron chi connectivity index (χ2n) is 10.9. The zero-order valence-corrected chi connectivity index (χ0v) is 25.0. The van der Waals surface area contributed by atoms with Crippen molar-refractivity contribution in [3.63, 3.8) is 0 Å².